The van der Waals surface area contributed by atoms with Crippen LogP contribution in [0.5, 0.6) is 5.75 Å². The molecule has 0 saturated carbocycles. The molecule has 0 radical (unpaired) electrons. The van der Waals surface area contributed by atoms with Gasteiger partial charge in [-0.1, -0.05) is 6.92 Å². The maximum absolute atomic E-state index is 13.3. The van der Waals surface area contributed by atoms with E-state index in [1.165, 1.54) is 0 Å². The van der Waals surface area contributed by atoms with Crippen LogP contribution in [-0.2, 0) is 6.54 Å². The molecule has 9 heteroatoms. The lowest BCUT2D eigenvalue weighted by atomic mass is 10.1. The minimum absolute atomic E-state index is 0.117. The van der Waals surface area contributed by atoms with Gasteiger partial charge in [-0.05, 0) is 50.6 Å². The Bertz CT molecular complexity index is 1520. The number of fused-ring (bicyclic) bond motifs is 1. The SMILES string of the molecule is CCCOc1ccc(-c2csc(-c3cccnc3)n2)cc1-c1nc2n[nH]c(C)c2c(=O)n1CC. The van der Waals surface area contributed by atoms with Gasteiger partial charge in [-0.2, -0.15) is 5.10 Å². The molecule has 0 bridgehead atoms. The van der Waals surface area contributed by atoms with Crippen molar-refractivity contribution in [2.45, 2.75) is 33.7 Å². The number of hydrogen-bond acceptors (Lipinski definition) is 7. The van der Waals surface area contributed by atoms with Crippen molar-refractivity contribution in [1.82, 2.24) is 29.7 Å². The van der Waals surface area contributed by atoms with Crippen LogP contribution in [0, 0.1) is 6.92 Å². The molecule has 8 nitrogen and oxygen atoms in total. The number of nitrogens with zero attached hydrogens (tertiary/aromatic N) is 5. The number of thiazole rings is 1. The lowest BCUT2D eigenvalue weighted by Gasteiger charge is -2.15. The number of hydrogen-bond donors (Lipinski definition) is 1. The first kappa shape index (κ1) is 22.0. The summed E-state index contributed by atoms with van der Waals surface area (Å²) in [4.78, 5) is 27.1. The first-order chi connectivity index (χ1) is 16.6. The molecule has 0 amide bonds. The first-order valence-electron chi connectivity index (χ1n) is 11.2. The molecule has 0 aliphatic carbocycles. The minimum atomic E-state index is -0.117. The third kappa shape index (κ3) is 3.88. The molecule has 0 aliphatic heterocycles. The van der Waals surface area contributed by atoms with Crippen LogP contribution in [0.1, 0.15) is 26.0 Å². The van der Waals surface area contributed by atoms with E-state index in [9.17, 15) is 4.79 Å². The minimum Gasteiger partial charge on any atom is -0.493 e. The second-order valence-electron chi connectivity index (χ2n) is 7.87. The Morgan fingerprint density at radius 1 is 1.15 bits per heavy atom. The lowest BCUT2D eigenvalue weighted by Crippen LogP contribution is -2.23. The zero-order chi connectivity index (χ0) is 23.7. The smallest absolute Gasteiger partial charge is 0.265 e. The summed E-state index contributed by atoms with van der Waals surface area (Å²) in [6.45, 7) is 6.86. The van der Waals surface area contributed by atoms with Gasteiger partial charge in [0.2, 0.25) is 0 Å². The van der Waals surface area contributed by atoms with Crippen molar-refractivity contribution in [3.05, 3.63) is 64.2 Å². The summed E-state index contributed by atoms with van der Waals surface area (Å²) >= 11 is 1.56. The Kier molecular flexibility index (Phi) is 5.93. The Morgan fingerprint density at radius 2 is 2.03 bits per heavy atom. The highest BCUT2D eigenvalue weighted by molar-refractivity contribution is 7.13. The molecule has 0 atom stereocenters. The number of H-pyrrole nitrogens is 1. The lowest BCUT2D eigenvalue weighted by molar-refractivity contribution is 0.318. The van der Waals surface area contributed by atoms with E-state index in [0.29, 0.717) is 41.5 Å². The van der Waals surface area contributed by atoms with Crippen molar-refractivity contribution >= 4 is 22.4 Å². The van der Waals surface area contributed by atoms with Gasteiger partial charge in [-0.3, -0.25) is 19.4 Å². The molecule has 0 fully saturated rings. The first-order valence-corrected chi connectivity index (χ1v) is 12.1. The van der Waals surface area contributed by atoms with Crippen LogP contribution in [0.2, 0.25) is 0 Å². The summed E-state index contributed by atoms with van der Waals surface area (Å²) in [5.41, 5.74) is 4.47. The molecule has 5 aromatic rings. The standard InChI is InChI=1S/C25H24N6O2S/c1-4-11-33-20-9-8-16(19-14-34-24(27-19)17-7-6-10-26-13-17)12-18(20)23-28-22-21(15(3)29-30-22)25(32)31(23)5-2/h6-10,12-14H,4-5,11H2,1-3H3,(H,29,30). The number of pyridine rings is 1. The summed E-state index contributed by atoms with van der Waals surface area (Å²) in [5, 5.41) is 10.6. The van der Waals surface area contributed by atoms with Crippen molar-refractivity contribution in [3.63, 3.8) is 0 Å². The molecule has 0 unspecified atom stereocenters. The number of aryl methyl sites for hydroxylation is 1. The molecule has 34 heavy (non-hydrogen) atoms. The third-order valence-electron chi connectivity index (χ3n) is 5.56. The molecule has 1 N–H and O–H groups in total. The van der Waals surface area contributed by atoms with E-state index >= 15 is 0 Å². The number of aromatic nitrogens is 6. The number of aromatic amines is 1. The summed E-state index contributed by atoms with van der Waals surface area (Å²) in [7, 11) is 0. The average molecular weight is 473 g/mol. The van der Waals surface area contributed by atoms with Crippen molar-refractivity contribution in [2.75, 3.05) is 6.61 Å². The largest absolute Gasteiger partial charge is 0.493 e. The zero-order valence-electron chi connectivity index (χ0n) is 19.2. The molecule has 4 aromatic heterocycles. The number of ether oxygens (including phenoxy) is 1. The highest BCUT2D eigenvalue weighted by Crippen LogP contribution is 2.35. The molecule has 0 aliphatic rings. The zero-order valence-corrected chi connectivity index (χ0v) is 20.0. The molecular formula is C25H24N6O2S. The van der Waals surface area contributed by atoms with Crippen LogP contribution in [0.15, 0.2) is 52.9 Å². The van der Waals surface area contributed by atoms with Crippen molar-refractivity contribution in [1.29, 1.82) is 0 Å². The van der Waals surface area contributed by atoms with E-state index in [1.807, 2.05) is 49.6 Å². The highest BCUT2D eigenvalue weighted by atomic mass is 32.1. The topological polar surface area (TPSA) is 98.6 Å². The molecule has 5 rings (SSSR count). The van der Waals surface area contributed by atoms with Crippen LogP contribution in [-0.4, -0.2) is 36.3 Å². The normalized spacial score (nSPS) is 11.3. The van der Waals surface area contributed by atoms with Crippen LogP contribution >= 0.6 is 11.3 Å². The fourth-order valence-electron chi connectivity index (χ4n) is 3.87. The molecule has 1 aromatic carbocycles. The van der Waals surface area contributed by atoms with E-state index < -0.39 is 0 Å². The van der Waals surface area contributed by atoms with Gasteiger partial charge in [0.1, 0.15) is 22.0 Å². The van der Waals surface area contributed by atoms with Gasteiger partial charge in [-0.25, -0.2) is 9.97 Å². The predicted octanol–water partition coefficient (Wildman–Crippen LogP) is 5.09. The Labute approximate surface area is 200 Å². The fraction of sp³-hybridized carbons (Fsp3) is 0.240. The Morgan fingerprint density at radius 3 is 2.79 bits per heavy atom. The highest BCUT2D eigenvalue weighted by Gasteiger charge is 2.20. The Hall–Kier alpha value is -3.85. The third-order valence-corrected chi connectivity index (χ3v) is 6.45. The van der Waals surface area contributed by atoms with Crippen LogP contribution in [0.25, 0.3) is 44.2 Å². The summed E-state index contributed by atoms with van der Waals surface area (Å²) in [5.74, 6) is 1.20. The molecule has 0 saturated heterocycles. The van der Waals surface area contributed by atoms with Gasteiger partial charge in [0.25, 0.3) is 5.56 Å². The molecular weight excluding hydrogens is 448 g/mol. The van der Waals surface area contributed by atoms with E-state index in [4.69, 9.17) is 14.7 Å². The van der Waals surface area contributed by atoms with Crippen molar-refractivity contribution in [2.24, 2.45) is 0 Å². The van der Waals surface area contributed by atoms with E-state index in [1.54, 1.807) is 28.3 Å². The van der Waals surface area contributed by atoms with Crippen molar-refractivity contribution in [3.8, 4) is 39.0 Å². The number of rotatable bonds is 7. The number of benzene rings is 1. The summed E-state index contributed by atoms with van der Waals surface area (Å²) in [6, 6.07) is 9.80. The monoisotopic (exact) mass is 472 g/mol. The van der Waals surface area contributed by atoms with Crippen LogP contribution in [0.4, 0.5) is 0 Å². The van der Waals surface area contributed by atoms with Gasteiger partial charge in [0.05, 0.1) is 17.9 Å². The quantitative estimate of drug-likeness (QED) is 0.354. The average Bonchev–Trinajstić information content (AvgIpc) is 3.50. The summed E-state index contributed by atoms with van der Waals surface area (Å²) < 4.78 is 7.72. The van der Waals surface area contributed by atoms with E-state index in [2.05, 4.69) is 22.1 Å². The molecule has 172 valence electrons. The molecule has 0 spiro atoms. The van der Waals surface area contributed by atoms with E-state index in [-0.39, 0.29) is 5.56 Å². The Balaban J connectivity index is 1.67. The maximum Gasteiger partial charge on any atom is 0.265 e. The summed E-state index contributed by atoms with van der Waals surface area (Å²) in [6.07, 6.45) is 4.42. The second kappa shape index (κ2) is 9.18. The van der Waals surface area contributed by atoms with Gasteiger partial charge in [-0.15, -0.1) is 11.3 Å². The predicted molar refractivity (Wildman–Crippen MR) is 134 cm³/mol. The van der Waals surface area contributed by atoms with Gasteiger partial charge in [0, 0.05) is 41.1 Å². The second-order valence-corrected chi connectivity index (χ2v) is 8.73. The van der Waals surface area contributed by atoms with Crippen LogP contribution in [0.3, 0.4) is 0 Å². The van der Waals surface area contributed by atoms with Gasteiger partial charge >= 0.3 is 0 Å². The maximum atomic E-state index is 13.3. The fourth-order valence-corrected chi connectivity index (χ4v) is 4.69. The van der Waals surface area contributed by atoms with Crippen LogP contribution < -0.4 is 10.3 Å². The molecule has 4 heterocycles. The van der Waals surface area contributed by atoms with E-state index in [0.717, 1.165) is 33.8 Å². The number of nitrogens with one attached hydrogen (secondary N) is 1. The van der Waals surface area contributed by atoms with Gasteiger partial charge < -0.3 is 4.74 Å². The van der Waals surface area contributed by atoms with Gasteiger partial charge in [0.15, 0.2) is 5.65 Å². The van der Waals surface area contributed by atoms with Crippen molar-refractivity contribution < 1.29 is 4.74 Å².